The van der Waals surface area contributed by atoms with Crippen LogP contribution in [0.4, 0.5) is 0 Å². The molecule has 2 rings (SSSR count). The van der Waals surface area contributed by atoms with Crippen molar-refractivity contribution < 1.29 is 19.8 Å². The van der Waals surface area contributed by atoms with E-state index in [9.17, 15) is 19.8 Å². The van der Waals surface area contributed by atoms with Crippen molar-refractivity contribution in [2.75, 3.05) is 24.1 Å². The number of nitrogens with one attached hydrogen (secondary N) is 1. The molecule has 10 heteroatoms. The number of β-amino-alcohol motifs (C(OH)–C–C–N with tert-alkyl or cyclic N) is 1. The third-order valence-electron chi connectivity index (χ3n) is 5.51. The molecule has 0 aromatic carbocycles. The summed E-state index contributed by atoms with van der Waals surface area (Å²) in [7, 11) is 0. The molecule has 176 valence electrons. The van der Waals surface area contributed by atoms with E-state index in [2.05, 4.69) is 38.2 Å². The Kier molecular flexibility index (Phi) is 12.3. The van der Waals surface area contributed by atoms with Crippen LogP contribution in [0.15, 0.2) is 6.20 Å². The maximum Gasteiger partial charge on any atom is 0.222 e. The molecule has 2 heterocycles. The van der Waals surface area contributed by atoms with Crippen molar-refractivity contribution in [3.8, 4) is 0 Å². The molecular weight excluding hydrogens is 513 g/mol. The predicted molar refractivity (Wildman–Crippen MR) is 126 cm³/mol. The summed E-state index contributed by atoms with van der Waals surface area (Å²) in [5.41, 5.74) is 0.931. The van der Waals surface area contributed by atoms with E-state index in [1.165, 1.54) is 6.42 Å². The maximum atomic E-state index is 12.2. The minimum Gasteiger partial charge on any atom is -0.394 e. The second kappa shape index (κ2) is 14.7. The first-order chi connectivity index (χ1) is 15.0. The van der Waals surface area contributed by atoms with Gasteiger partial charge in [-0.2, -0.15) is 0 Å². The summed E-state index contributed by atoms with van der Waals surface area (Å²) in [6.45, 7) is 1.72. The average molecular weight is 549 g/mol. The lowest BCUT2D eigenvalue weighted by Gasteiger charge is -2.22. The molecule has 1 saturated heterocycles. The van der Waals surface area contributed by atoms with Crippen molar-refractivity contribution in [2.45, 2.75) is 82.9 Å². The Morgan fingerprint density at radius 2 is 2.00 bits per heavy atom. The van der Waals surface area contributed by atoms with Crippen molar-refractivity contribution >= 4 is 34.4 Å². The number of aliphatic hydroxyl groups excluding tert-OH is 2. The second-order valence-corrected chi connectivity index (χ2v) is 9.23. The normalized spacial score (nSPS) is 18.5. The summed E-state index contributed by atoms with van der Waals surface area (Å²) in [6.07, 6.45) is 8.98. The smallest absolute Gasteiger partial charge is 0.222 e. The summed E-state index contributed by atoms with van der Waals surface area (Å²) >= 11 is 2.37. The van der Waals surface area contributed by atoms with Crippen LogP contribution in [0, 0.1) is 0 Å². The van der Waals surface area contributed by atoms with E-state index in [4.69, 9.17) is 0 Å². The van der Waals surface area contributed by atoms with Crippen LogP contribution in [0.1, 0.15) is 63.5 Å². The Morgan fingerprint density at radius 3 is 2.77 bits per heavy atom. The molecule has 2 atom stereocenters. The first-order valence-electron chi connectivity index (χ1n) is 11.3. The Balaban J connectivity index is 1.47. The number of aryl methyl sites for hydroxylation is 2. The highest BCUT2D eigenvalue weighted by Gasteiger charge is 2.33. The molecule has 1 fully saturated rings. The molecule has 0 bridgehead atoms. The number of carbonyl (C=O) groups is 2. The summed E-state index contributed by atoms with van der Waals surface area (Å²) in [5, 5.41) is 30.2. The molecule has 9 nitrogen and oxygen atoms in total. The van der Waals surface area contributed by atoms with Crippen LogP contribution in [0.2, 0.25) is 0 Å². The van der Waals surface area contributed by atoms with Crippen LogP contribution in [0.25, 0.3) is 0 Å². The van der Waals surface area contributed by atoms with Gasteiger partial charge in [0.1, 0.15) is 0 Å². The highest BCUT2D eigenvalue weighted by molar-refractivity contribution is 14.1. The SMILES string of the molecule is O=C(CCCc1cn(CCCCI)nn1)NCCCCCC(=O)N1C[C@H](O)C[C@H]1CO. The van der Waals surface area contributed by atoms with Gasteiger partial charge in [-0.05, 0) is 49.4 Å². The molecule has 2 amide bonds. The third-order valence-corrected chi connectivity index (χ3v) is 6.27. The van der Waals surface area contributed by atoms with Crippen LogP contribution in [0.3, 0.4) is 0 Å². The summed E-state index contributed by atoms with van der Waals surface area (Å²) < 4.78 is 3.03. The van der Waals surface area contributed by atoms with E-state index in [1.54, 1.807) is 4.90 Å². The number of nitrogens with zero attached hydrogens (tertiary/aromatic N) is 4. The Labute approximate surface area is 198 Å². The molecule has 3 N–H and O–H groups in total. The van der Waals surface area contributed by atoms with Gasteiger partial charge >= 0.3 is 0 Å². The number of amides is 2. The van der Waals surface area contributed by atoms with Crippen molar-refractivity contribution in [1.29, 1.82) is 0 Å². The fraction of sp³-hybridized carbons (Fsp3) is 0.810. The lowest BCUT2D eigenvalue weighted by Crippen LogP contribution is -2.37. The van der Waals surface area contributed by atoms with E-state index >= 15 is 0 Å². The van der Waals surface area contributed by atoms with Gasteiger partial charge in [-0.15, -0.1) is 5.10 Å². The van der Waals surface area contributed by atoms with Gasteiger partial charge < -0.3 is 20.4 Å². The van der Waals surface area contributed by atoms with E-state index < -0.39 is 6.10 Å². The van der Waals surface area contributed by atoms with Crippen molar-refractivity contribution in [3.63, 3.8) is 0 Å². The Hall–Kier alpha value is -1.27. The van der Waals surface area contributed by atoms with Gasteiger partial charge in [0.05, 0.1) is 24.4 Å². The number of rotatable bonds is 15. The molecule has 31 heavy (non-hydrogen) atoms. The van der Waals surface area contributed by atoms with Gasteiger partial charge in [0.2, 0.25) is 11.8 Å². The van der Waals surface area contributed by atoms with Gasteiger partial charge in [-0.25, -0.2) is 0 Å². The molecule has 1 aromatic heterocycles. The molecule has 1 aliphatic rings. The Bertz CT molecular complexity index is 672. The van der Waals surface area contributed by atoms with Gasteiger partial charge in [-0.3, -0.25) is 14.3 Å². The van der Waals surface area contributed by atoms with Gasteiger partial charge in [-0.1, -0.05) is 34.2 Å². The Morgan fingerprint density at radius 1 is 1.16 bits per heavy atom. The van der Waals surface area contributed by atoms with E-state index in [0.29, 0.717) is 32.4 Å². The summed E-state index contributed by atoms with van der Waals surface area (Å²) in [4.78, 5) is 25.8. The number of halogens is 1. The van der Waals surface area contributed by atoms with Crippen LogP contribution < -0.4 is 5.32 Å². The summed E-state index contributed by atoms with van der Waals surface area (Å²) in [5.74, 6) is 0.0314. The number of aliphatic hydroxyl groups is 2. The molecule has 1 aliphatic heterocycles. The van der Waals surface area contributed by atoms with Crippen LogP contribution in [-0.4, -0.2) is 78.2 Å². The number of hydrogen-bond acceptors (Lipinski definition) is 6. The monoisotopic (exact) mass is 549 g/mol. The second-order valence-electron chi connectivity index (χ2n) is 8.16. The molecule has 0 radical (unpaired) electrons. The first kappa shape index (κ1) is 26.0. The maximum absolute atomic E-state index is 12.2. The highest BCUT2D eigenvalue weighted by Crippen LogP contribution is 2.19. The quantitative estimate of drug-likeness (QED) is 0.173. The van der Waals surface area contributed by atoms with Crippen molar-refractivity contribution in [1.82, 2.24) is 25.2 Å². The van der Waals surface area contributed by atoms with Crippen LogP contribution in [0.5, 0.6) is 0 Å². The largest absolute Gasteiger partial charge is 0.394 e. The fourth-order valence-corrected chi connectivity index (χ4v) is 4.31. The zero-order valence-electron chi connectivity index (χ0n) is 18.2. The van der Waals surface area contributed by atoms with Gasteiger partial charge in [0, 0.05) is 38.7 Å². The molecule has 0 saturated carbocycles. The topological polar surface area (TPSA) is 121 Å². The first-order valence-corrected chi connectivity index (χ1v) is 12.9. The predicted octanol–water partition coefficient (Wildman–Crippen LogP) is 1.45. The zero-order valence-corrected chi connectivity index (χ0v) is 20.4. The minimum absolute atomic E-state index is 0.0124. The standard InChI is InChI=1S/C21H36IN5O4/c22-10-3-5-12-26-14-17(24-25-26)7-6-8-20(30)23-11-4-1-2-9-21(31)27-15-19(29)13-18(27)16-28/h14,18-19,28-29H,1-13,15-16H2,(H,23,30)/t18-,19+/m0/s1. The molecular formula is C21H36IN5O4. The highest BCUT2D eigenvalue weighted by atomic mass is 127. The minimum atomic E-state index is -0.534. The third kappa shape index (κ3) is 9.82. The average Bonchev–Trinajstić information content (AvgIpc) is 3.36. The van der Waals surface area contributed by atoms with Crippen molar-refractivity contribution in [3.05, 3.63) is 11.9 Å². The van der Waals surface area contributed by atoms with E-state index in [-0.39, 0.29) is 24.5 Å². The van der Waals surface area contributed by atoms with Crippen LogP contribution in [-0.2, 0) is 22.6 Å². The number of aromatic nitrogens is 3. The molecule has 0 spiro atoms. The molecule has 0 aliphatic carbocycles. The summed E-state index contributed by atoms with van der Waals surface area (Å²) in [6, 6.07) is -0.257. The number of carbonyl (C=O) groups excluding carboxylic acids is 2. The lowest BCUT2D eigenvalue weighted by atomic mass is 10.1. The van der Waals surface area contributed by atoms with E-state index in [1.807, 2.05) is 10.9 Å². The van der Waals surface area contributed by atoms with Gasteiger partial charge in [0.15, 0.2) is 0 Å². The van der Waals surface area contributed by atoms with Crippen LogP contribution >= 0.6 is 22.6 Å². The molecule has 0 unspecified atom stereocenters. The number of likely N-dealkylation sites (tertiary alicyclic amines) is 1. The number of hydrogen-bond donors (Lipinski definition) is 3. The lowest BCUT2D eigenvalue weighted by molar-refractivity contribution is -0.133. The van der Waals surface area contributed by atoms with E-state index in [0.717, 1.165) is 55.2 Å². The van der Waals surface area contributed by atoms with Gasteiger partial charge in [0.25, 0.3) is 0 Å². The number of unbranched alkanes of at least 4 members (excludes halogenated alkanes) is 3. The van der Waals surface area contributed by atoms with Crippen molar-refractivity contribution in [2.24, 2.45) is 0 Å². The zero-order chi connectivity index (χ0) is 22.5. The number of alkyl halides is 1. The molecule has 1 aromatic rings. The fourth-order valence-electron chi connectivity index (χ4n) is 3.77.